The lowest BCUT2D eigenvalue weighted by Crippen LogP contribution is -2.48. The number of imide groups is 1. The number of rotatable bonds is 1. The number of carbonyl (C=O) groups excluding carboxylic acids is 2. The molecule has 1 aromatic rings. The fraction of sp³-hybridized carbons (Fsp3) is 0.500. The Morgan fingerprint density at radius 3 is 2.00 bits per heavy atom. The molecule has 3 nitrogen and oxygen atoms in total. The smallest absolute Gasteiger partial charge is 0.234 e. The van der Waals surface area contributed by atoms with Crippen molar-refractivity contribution in [2.75, 3.05) is 4.90 Å². The number of halogens is 1. The Morgan fingerprint density at radius 1 is 0.900 bits per heavy atom. The van der Waals surface area contributed by atoms with Crippen LogP contribution in [0.1, 0.15) is 44.9 Å². The van der Waals surface area contributed by atoms with Crippen LogP contribution in [0.25, 0.3) is 0 Å². The van der Waals surface area contributed by atoms with Crippen molar-refractivity contribution in [1.29, 1.82) is 0 Å². The summed E-state index contributed by atoms with van der Waals surface area (Å²) in [7, 11) is 0. The van der Waals surface area contributed by atoms with Crippen LogP contribution < -0.4 is 4.90 Å². The van der Waals surface area contributed by atoms with Gasteiger partial charge in [-0.3, -0.25) is 14.5 Å². The molecule has 3 rings (SSSR count). The van der Waals surface area contributed by atoms with Gasteiger partial charge in [0.15, 0.2) is 0 Å². The summed E-state index contributed by atoms with van der Waals surface area (Å²) in [4.78, 5) is 26.3. The molecule has 2 amide bonds. The summed E-state index contributed by atoms with van der Waals surface area (Å²) in [5.41, 5.74) is 0.678. The summed E-state index contributed by atoms with van der Waals surface area (Å²) in [6.07, 6.45) is 6.69. The predicted octanol–water partition coefficient (Wildman–Crippen LogP) is 3.90. The van der Waals surface area contributed by atoms with Crippen LogP contribution in [-0.2, 0) is 9.59 Å². The number of carbonyl (C=O) groups is 2. The summed E-state index contributed by atoms with van der Waals surface area (Å²) in [5.74, 6) is -0.0475. The SMILES string of the molecule is O=C1CC2(CCCCC2)CC(=O)N1c1ccc(I)cc1. The molecule has 0 N–H and O–H groups in total. The molecule has 0 aromatic heterocycles. The second-order valence-corrected chi connectivity index (χ2v) is 7.26. The Morgan fingerprint density at radius 2 is 1.45 bits per heavy atom. The summed E-state index contributed by atoms with van der Waals surface area (Å²) < 4.78 is 1.10. The number of amides is 2. The first kappa shape index (κ1) is 14.0. The molecule has 1 spiro atoms. The zero-order valence-corrected chi connectivity index (χ0v) is 13.6. The van der Waals surface area contributed by atoms with Gasteiger partial charge in [-0.05, 0) is 65.1 Å². The van der Waals surface area contributed by atoms with Crippen molar-refractivity contribution in [2.45, 2.75) is 44.9 Å². The van der Waals surface area contributed by atoms with Crippen molar-refractivity contribution in [3.05, 3.63) is 27.8 Å². The lowest BCUT2D eigenvalue weighted by Gasteiger charge is -2.42. The number of benzene rings is 1. The molecule has 0 atom stereocenters. The van der Waals surface area contributed by atoms with Gasteiger partial charge in [-0.15, -0.1) is 0 Å². The third-order valence-electron chi connectivity index (χ3n) is 4.55. The van der Waals surface area contributed by atoms with Crippen molar-refractivity contribution in [1.82, 2.24) is 0 Å². The largest absolute Gasteiger partial charge is 0.274 e. The highest BCUT2D eigenvalue weighted by molar-refractivity contribution is 14.1. The lowest BCUT2D eigenvalue weighted by molar-refractivity contribution is -0.134. The van der Waals surface area contributed by atoms with Gasteiger partial charge in [0, 0.05) is 16.4 Å². The molecular formula is C16H18INO2. The van der Waals surface area contributed by atoms with E-state index in [1.165, 1.54) is 11.3 Å². The first-order valence-electron chi connectivity index (χ1n) is 7.21. The van der Waals surface area contributed by atoms with Crippen LogP contribution in [0.4, 0.5) is 5.69 Å². The fourth-order valence-corrected chi connectivity index (χ4v) is 3.89. The van der Waals surface area contributed by atoms with Crippen molar-refractivity contribution in [3.8, 4) is 0 Å². The van der Waals surface area contributed by atoms with Gasteiger partial charge in [-0.25, -0.2) is 0 Å². The quantitative estimate of drug-likeness (QED) is 0.545. The predicted molar refractivity (Wildman–Crippen MR) is 86.4 cm³/mol. The zero-order valence-electron chi connectivity index (χ0n) is 11.4. The summed E-state index contributed by atoms with van der Waals surface area (Å²) in [5, 5.41) is 0. The minimum absolute atomic E-state index is 0.0237. The highest BCUT2D eigenvalue weighted by Gasteiger charge is 2.44. The van der Waals surface area contributed by atoms with Crippen LogP contribution >= 0.6 is 22.6 Å². The first-order valence-corrected chi connectivity index (χ1v) is 8.29. The molecule has 1 aliphatic carbocycles. The molecule has 1 saturated heterocycles. The maximum Gasteiger partial charge on any atom is 0.234 e. The molecule has 106 valence electrons. The number of anilines is 1. The Labute approximate surface area is 132 Å². The van der Waals surface area contributed by atoms with Crippen molar-refractivity contribution < 1.29 is 9.59 Å². The van der Waals surface area contributed by atoms with Crippen molar-refractivity contribution in [2.24, 2.45) is 5.41 Å². The highest BCUT2D eigenvalue weighted by atomic mass is 127. The van der Waals surface area contributed by atoms with Crippen molar-refractivity contribution >= 4 is 40.1 Å². The molecule has 1 aromatic carbocycles. The molecule has 1 saturated carbocycles. The maximum atomic E-state index is 12.5. The van der Waals surface area contributed by atoms with E-state index in [1.807, 2.05) is 24.3 Å². The molecule has 2 aliphatic rings. The van der Waals surface area contributed by atoms with Gasteiger partial charge >= 0.3 is 0 Å². The average Bonchev–Trinajstić information content (AvgIpc) is 2.41. The van der Waals surface area contributed by atoms with Crippen LogP contribution in [0, 0.1) is 8.99 Å². The number of hydrogen-bond acceptors (Lipinski definition) is 2. The minimum atomic E-state index is -0.0356. The monoisotopic (exact) mass is 383 g/mol. The molecule has 20 heavy (non-hydrogen) atoms. The summed E-state index contributed by atoms with van der Waals surface area (Å²) >= 11 is 2.22. The van der Waals surface area contributed by atoms with E-state index >= 15 is 0 Å². The number of hydrogen-bond donors (Lipinski definition) is 0. The Hall–Kier alpha value is -0.910. The number of piperidine rings is 1. The van der Waals surface area contributed by atoms with Crippen LogP contribution in [-0.4, -0.2) is 11.8 Å². The van der Waals surface area contributed by atoms with E-state index < -0.39 is 0 Å². The summed E-state index contributed by atoms with van der Waals surface area (Å²) in [6, 6.07) is 7.58. The normalized spacial score (nSPS) is 22.4. The van der Waals surface area contributed by atoms with Crippen LogP contribution in [0.15, 0.2) is 24.3 Å². The first-order chi connectivity index (χ1) is 9.60. The Kier molecular flexibility index (Phi) is 3.84. The van der Waals surface area contributed by atoms with Crippen LogP contribution in [0.5, 0.6) is 0 Å². The van der Waals surface area contributed by atoms with E-state index in [0.717, 1.165) is 29.3 Å². The maximum absolute atomic E-state index is 12.5. The molecular weight excluding hydrogens is 365 g/mol. The minimum Gasteiger partial charge on any atom is -0.274 e. The molecule has 1 heterocycles. The summed E-state index contributed by atoms with van der Waals surface area (Å²) in [6.45, 7) is 0. The topological polar surface area (TPSA) is 37.4 Å². The third kappa shape index (κ3) is 2.62. The van der Waals surface area contributed by atoms with E-state index in [4.69, 9.17) is 0 Å². The van der Waals surface area contributed by atoms with Crippen LogP contribution in [0.2, 0.25) is 0 Å². The Bertz CT molecular complexity index is 512. The van der Waals surface area contributed by atoms with Gasteiger partial charge < -0.3 is 0 Å². The second kappa shape index (κ2) is 5.47. The van der Waals surface area contributed by atoms with E-state index in [2.05, 4.69) is 22.6 Å². The third-order valence-corrected chi connectivity index (χ3v) is 5.27. The average molecular weight is 383 g/mol. The van der Waals surface area contributed by atoms with Gasteiger partial charge in [0.05, 0.1) is 5.69 Å². The molecule has 0 unspecified atom stereocenters. The van der Waals surface area contributed by atoms with E-state index in [9.17, 15) is 9.59 Å². The van der Waals surface area contributed by atoms with Crippen LogP contribution in [0.3, 0.4) is 0 Å². The van der Waals surface area contributed by atoms with Gasteiger partial charge in [0.2, 0.25) is 11.8 Å². The number of nitrogens with zero attached hydrogens (tertiary/aromatic N) is 1. The molecule has 4 heteroatoms. The van der Waals surface area contributed by atoms with Gasteiger partial charge in [-0.1, -0.05) is 19.3 Å². The van der Waals surface area contributed by atoms with E-state index in [1.54, 1.807) is 0 Å². The van der Waals surface area contributed by atoms with E-state index in [0.29, 0.717) is 18.5 Å². The van der Waals surface area contributed by atoms with Crippen molar-refractivity contribution in [3.63, 3.8) is 0 Å². The Balaban J connectivity index is 1.83. The molecule has 1 aliphatic heterocycles. The zero-order chi connectivity index (χ0) is 14.2. The second-order valence-electron chi connectivity index (χ2n) is 6.01. The lowest BCUT2D eigenvalue weighted by atomic mass is 9.67. The van der Waals surface area contributed by atoms with Gasteiger partial charge in [-0.2, -0.15) is 0 Å². The highest BCUT2D eigenvalue weighted by Crippen LogP contribution is 2.46. The van der Waals surface area contributed by atoms with Gasteiger partial charge in [0.1, 0.15) is 0 Å². The van der Waals surface area contributed by atoms with Gasteiger partial charge in [0.25, 0.3) is 0 Å². The molecule has 0 radical (unpaired) electrons. The van der Waals surface area contributed by atoms with E-state index in [-0.39, 0.29) is 17.2 Å². The standard InChI is InChI=1S/C16H18INO2/c17-12-4-6-13(7-5-12)18-14(19)10-16(11-15(18)20)8-2-1-3-9-16/h4-7H,1-3,8-11H2. The molecule has 0 bridgehead atoms. The fourth-order valence-electron chi connectivity index (χ4n) is 3.53. The molecule has 2 fully saturated rings.